The molecule has 2 N–H and O–H groups in total. The average Bonchev–Trinajstić information content (AvgIpc) is 2.30. The minimum Gasteiger partial charge on any atom is -0.469 e. The number of hydrogen-bond acceptors (Lipinski definition) is 5. The Bertz CT molecular complexity index is 542. The molecule has 0 saturated carbocycles. The van der Waals surface area contributed by atoms with Gasteiger partial charge >= 0.3 is 5.97 Å². The van der Waals surface area contributed by atoms with Gasteiger partial charge in [0.1, 0.15) is 0 Å². The molecule has 0 aromatic heterocycles. The van der Waals surface area contributed by atoms with Crippen LogP contribution in [-0.2, 0) is 25.1 Å². The molecule has 0 heterocycles. The topological polar surface area (TPSA) is 86.5 Å². The molecule has 0 spiro atoms. The van der Waals surface area contributed by atoms with E-state index in [-0.39, 0.29) is 17.9 Å². The van der Waals surface area contributed by atoms with E-state index in [1.54, 1.807) is 12.1 Å². The van der Waals surface area contributed by atoms with E-state index in [0.29, 0.717) is 16.3 Å². The second-order valence-electron chi connectivity index (χ2n) is 3.76. The van der Waals surface area contributed by atoms with Crippen LogP contribution in [-0.4, -0.2) is 27.2 Å². The third-order valence-electron chi connectivity index (χ3n) is 2.33. The maximum atomic E-state index is 11.8. The molecule has 0 atom stereocenters. The van der Waals surface area contributed by atoms with Crippen molar-refractivity contribution in [2.24, 2.45) is 0 Å². The summed E-state index contributed by atoms with van der Waals surface area (Å²) in [5.74, 6) is -1.03. The van der Waals surface area contributed by atoms with Crippen LogP contribution in [0.2, 0.25) is 5.02 Å². The normalized spacial score (nSPS) is 11.2. The van der Waals surface area contributed by atoms with Gasteiger partial charge in [-0.15, -0.1) is 0 Å². The van der Waals surface area contributed by atoms with Crippen LogP contribution >= 0.6 is 11.6 Å². The van der Waals surface area contributed by atoms with E-state index >= 15 is 0 Å². The van der Waals surface area contributed by atoms with Gasteiger partial charge in [-0.3, -0.25) is 4.79 Å². The average molecular weight is 292 g/mol. The molecule has 1 aromatic carbocycles. The first kappa shape index (κ1) is 14.8. The molecule has 5 nitrogen and oxygen atoms in total. The van der Waals surface area contributed by atoms with Crippen molar-refractivity contribution in [1.29, 1.82) is 0 Å². The van der Waals surface area contributed by atoms with Crippen LogP contribution < -0.4 is 5.73 Å². The van der Waals surface area contributed by atoms with Crippen molar-refractivity contribution in [3.8, 4) is 0 Å². The molecule has 1 rings (SSSR count). The summed E-state index contributed by atoms with van der Waals surface area (Å²) in [5, 5.41) is 0.447. The summed E-state index contributed by atoms with van der Waals surface area (Å²) in [6, 6.07) is 4.63. The number of methoxy groups -OCH3 is 1. The van der Waals surface area contributed by atoms with Gasteiger partial charge in [0, 0.05) is 10.7 Å². The maximum absolute atomic E-state index is 11.8. The van der Waals surface area contributed by atoms with Crippen molar-refractivity contribution in [3.63, 3.8) is 0 Å². The number of carbonyl (C=O) groups is 1. The van der Waals surface area contributed by atoms with Gasteiger partial charge in [0.05, 0.1) is 25.0 Å². The molecule has 0 aliphatic rings. The van der Waals surface area contributed by atoms with Gasteiger partial charge in [-0.05, 0) is 17.7 Å². The zero-order valence-electron chi connectivity index (χ0n) is 9.85. The van der Waals surface area contributed by atoms with E-state index in [1.807, 2.05) is 0 Å². The fourth-order valence-corrected chi connectivity index (χ4v) is 2.89. The molecule has 0 radical (unpaired) electrons. The van der Waals surface area contributed by atoms with Gasteiger partial charge in [0.25, 0.3) is 0 Å². The molecule has 18 heavy (non-hydrogen) atoms. The van der Waals surface area contributed by atoms with Crippen LogP contribution in [0.3, 0.4) is 0 Å². The Morgan fingerprint density at radius 3 is 2.67 bits per heavy atom. The number of hydrogen-bond donors (Lipinski definition) is 1. The predicted molar refractivity (Wildman–Crippen MR) is 70.0 cm³/mol. The van der Waals surface area contributed by atoms with E-state index in [4.69, 9.17) is 17.3 Å². The zero-order chi connectivity index (χ0) is 13.8. The van der Waals surface area contributed by atoms with Crippen molar-refractivity contribution >= 4 is 33.1 Å². The molecule has 0 fully saturated rings. The van der Waals surface area contributed by atoms with Gasteiger partial charge in [-0.1, -0.05) is 17.7 Å². The highest BCUT2D eigenvalue weighted by Gasteiger charge is 2.16. The molecule has 1 aromatic rings. The number of anilines is 1. The SMILES string of the molecule is COC(=O)CCS(=O)(=O)Cc1ccc(Cl)cc1N. The lowest BCUT2D eigenvalue weighted by atomic mass is 10.2. The monoisotopic (exact) mass is 291 g/mol. The standard InChI is InChI=1S/C11H14ClNO4S/c1-17-11(14)4-5-18(15,16)7-8-2-3-9(12)6-10(8)13/h2-3,6H,4-5,7,13H2,1H3. The Morgan fingerprint density at radius 1 is 1.44 bits per heavy atom. The molecular weight excluding hydrogens is 278 g/mol. The van der Waals surface area contributed by atoms with Gasteiger partial charge in [-0.2, -0.15) is 0 Å². The highest BCUT2D eigenvalue weighted by atomic mass is 35.5. The highest BCUT2D eigenvalue weighted by molar-refractivity contribution is 7.90. The van der Waals surface area contributed by atoms with E-state index in [9.17, 15) is 13.2 Å². The Hall–Kier alpha value is -1.27. The van der Waals surface area contributed by atoms with Crippen molar-refractivity contribution in [2.75, 3.05) is 18.6 Å². The third kappa shape index (κ3) is 4.54. The summed E-state index contributed by atoms with van der Waals surface area (Å²) in [6.45, 7) is 0. The second-order valence-corrected chi connectivity index (χ2v) is 6.38. The van der Waals surface area contributed by atoms with Crippen LogP contribution in [0, 0.1) is 0 Å². The lowest BCUT2D eigenvalue weighted by molar-refractivity contribution is -0.140. The Balaban J connectivity index is 2.73. The number of sulfone groups is 1. The van der Waals surface area contributed by atoms with Crippen LogP contribution in [0.5, 0.6) is 0 Å². The summed E-state index contributed by atoms with van der Waals surface area (Å²) < 4.78 is 27.9. The van der Waals surface area contributed by atoms with Crippen LogP contribution in [0.25, 0.3) is 0 Å². The Morgan fingerprint density at radius 2 is 2.11 bits per heavy atom. The molecule has 100 valence electrons. The van der Waals surface area contributed by atoms with Crippen LogP contribution in [0.15, 0.2) is 18.2 Å². The van der Waals surface area contributed by atoms with Crippen molar-refractivity contribution < 1.29 is 17.9 Å². The number of nitrogens with two attached hydrogens (primary N) is 1. The lowest BCUT2D eigenvalue weighted by Crippen LogP contribution is -2.14. The largest absolute Gasteiger partial charge is 0.469 e. The van der Waals surface area contributed by atoms with Crippen molar-refractivity contribution in [3.05, 3.63) is 28.8 Å². The van der Waals surface area contributed by atoms with E-state index in [0.717, 1.165) is 0 Å². The summed E-state index contributed by atoms with van der Waals surface area (Å²) in [7, 11) is -2.18. The third-order valence-corrected chi connectivity index (χ3v) is 4.14. The van der Waals surface area contributed by atoms with Gasteiger partial charge in [0.15, 0.2) is 9.84 Å². The number of benzene rings is 1. The fraction of sp³-hybridized carbons (Fsp3) is 0.364. The smallest absolute Gasteiger partial charge is 0.306 e. The zero-order valence-corrected chi connectivity index (χ0v) is 11.4. The first-order valence-corrected chi connectivity index (χ1v) is 7.35. The fourth-order valence-electron chi connectivity index (χ4n) is 1.35. The number of nitrogen functional groups attached to an aromatic ring is 1. The number of carbonyl (C=O) groups excluding carboxylic acids is 1. The van der Waals surface area contributed by atoms with Gasteiger partial charge in [-0.25, -0.2) is 8.42 Å². The molecule has 0 unspecified atom stereocenters. The first-order valence-electron chi connectivity index (χ1n) is 5.15. The van der Waals surface area contributed by atoms with E-state index in [2.05, 4.69) is 4.74 Å². The quantitative estimate of drug-likeness (QED) is 0.654. The number of esters is 1. The predicted octanol–water partition coefficient (Wildman–Crippen LogP) is 1.40. The second kappa shape index (κ2) is 6.06. The molecular formula is C11H14ClNO4S. The van der Waals surface area contributed by atoms with E-state index in [1.165, 1.54) is 13.2 Å². The lowest BCUT2D eigenvalue weighted by Gasteiger charge is -2.07. The molecule has 7 heteroatoms. The summed E-state index contributed by atoms with van der Waals surface area (Å²) in [6.07, 6.45) is -0.160. The molecule has 0 aliphatic carbocycles. The van der Waals surface area contributed by atoms with Crippen LogP contribution in [0.1, 0.15) is 12.0 Å². The number of ether oxygens (including phenoxy) is 1. The van der Waals surface area contributed by atoms with Gasteiger partial charge in [0.2, 0.25) is 0 Å². The minimum atomic E-state index is -3.40. The summed E-state index contributed by atoms with van der Waals surface area (Å²) >= 11 is 5.72. The minimum absolute atomic E-state index is 0.160. The van der Waals surface area contributed by atoms with Gasteiger partial charge < -0.3 is 10.5 Å². The van der Waals surface area contributed by atoms with E-state index < -0.39 is 15.8 Å². The molecule has 0 saturated heterocycles. The van der Waals surface area contributed by atoms with Crippen LogP contribution in [0.4, 0.5) is 5.69 Å². The molecule has 0 bridgehead atoms. The number of rotatable bonds is 5. The highest BCUT2D eigenvalue weighted by Crippen LogP contribution is 2.20. The summed E-state index contributed by atoms with van der Waals surface area (Å²) in [5.41, 5.74) is 6.47. The molecule has 0 aliphatic heterocycles. The number of halogens is 1. The molecule has 0 amide bonds. The first-order chi connectivity index (χ1) is 8.34. The maximum Gasteiger partial charge on any atom is 0.306 e. The summed E-state index contributed by atoms with van der Waals surface area (Å²) in [4.78, 5) is 10.9. The Labute approximate surface area is 111 Å². The Kier molecular flexibility index (Phi) is 4.98. The van der Waals surface area contributed by atoms with Crippen molar-refractivity contribution in [1.82, 2.24) is 0 Å². The van der Waals surface area contributed by atoms with Crippen molar-refractivity contribution in [2.45, 2.75) is 12.2 Å².